The average Bonchev–Trinajstić information content (AvgIpc) is 2.40. The van der Waals surface area contributed by atoms with Crippen LogP contribution in [0.3, 0.4) is 0 Å². The van der Waals surface area contributed by atoms with E-state index >= 15 is 0 Å². The molecular weight excluding hydrogens is 252 g/mol. The molecule has 0 saturated heterocycles. The van der Waals surface area contributed by atoms with E-state index in [0.29, 0.717) is 5.41 Å². The van der Waals surface area contributed by atoms with E-state index < -0.39 is 0 Å². The normalized spacial score (nSPS) is 14.3. The topological polar surface area (TPSA) is 0 Å². The lowest BCUT2D eigenvalue weighted by atomic mass is 9.75. The molecule has 0 nitrogen and oxygen atoms in total. The fourth-order valence-corrected chi connectivity index (χ4v) is 3.66. The minimum atomic E-state index is 0.496. The van der Waals surface area contributed by atoms with Crippen molar-refractivity contribution in [1.29, 1.82) is 0 Å². The van der Waals surface area contributed by atoms with Crippen molar-refractivity contribution < 1.29 is 0 Å². The van der Waals surface area contributed by atoms with Gasteiger partial charge in [-0.2, -0.15) is 0 Å². The maximum absolute atomic E-state index is 3.95. The maximum atomic E-state index is 3.95. The summed E-state index contributed by atoms with van der Waals surface area (Å²) in [6.45, 7) is 13.4. The lowest BCUT2D eigenvalue weighted by Gasteiger charge is -2.30. The summed E-state index contributed by atoms with van der Waals surface area (Å²) in [6.07, 6.45) is 20.4. The minimum Gasteiger partial charge on any atom is -0.103 e. The van der Waals surface area contributed by atoms with E-state index in [1.807, 2.05) is 0 Å². The van der Waals surface area contributed by atoms with Gasteiger partial charge in [0.1, 0.15) is 0 Å². The molecule has 0 aliphatic heterocycles. The average molecular weight is 295 g/mol. The van der Waals surface area contributed by atoms with E-state index in [4.69, 9.17) is 0 Å². The molecule has 0 aromatic heterocycles. The Morgan fingerprint density at radius 2 is 1.33 bits per heavy atom. The van der Waals surface area contributed by atoms with Gasteiger partial charge in [-0.1, -0.05) is 98.0 Å². The molecule has 0 bridgehead atoms. The molecule has 0 heteroatoms. The highest BCUT2D eigenvalue weighted by molar-refractivity contribution is 4.83. The number of unbranched alkanes of at least 4 members (excludes halogenated alkanes) is 9. The van der Waals surface area contributed by atoms with E-state index in [1.54, 1.807) is 0 Å². The highest BCUT2D eigenvalue weighted by atomic mass is 14.3. The summed E-state index contributed by atoms with van der Waals surface area (Å²) >= 11 is 0. The summed E-state index contributed by atoms with van der Waals surface area (Å²) < 4.78 is 0. The third kappa shape index (κ3) is 13.1. The minimum absolute atomic E-state index is 0.496. The Hall–Kier alpha value is -0.260. The molecule has 0 aromatic carbocycles. The first-order valence-corrected chi connectivity index (χ1v) is 9.65. The summed E-state index contributed by atoms with van der Waals surface area (Å²) in [4.78, 5) is 0. The number of hydrogen-bond acceptors (Lipinski definition) is 0. The second-order valence-corrected chi connectivity index (χ2v) is 7.83. The Morgan fingerprint density at radius 1 is 0.857 bits per heavy atom. The van der Waals surface area contributed by atoms with Crippen LogP contribution in [0, 0.1) is 11.3 Å². The van der Waals surface area contributed by atoms with Crippen LogP contribution in [-0.4, -0.2) is 0 Å². The van der Waals surface area contributed by atoms with E-state index in [1.165, 1.54) is 83.5 Å². The van der Waals surface area contributed by atoms with Crippen LogP contribution in [-0.2, 0) is 0 Å². The van der Waals surface area contributed by atoms with Crippen LogP contribution < -0.4 is 0 Å². The van der Waals surface area contributed by atoms with Gasteiger partial charge in [-0.3, -0.25) is 0 Å². The Balaban J connectivity index is 3.56. The molecule has 1 atom stereocenters. The quantitative estimate of drug-likeness (QED) is 0.212. The van der Waals surface area contributed by atoms with Crippen LogP contribution in [0.2, 0.25) is 0 Å². The summed E-state index contributed by atoms with van der Waals surface area (Å²) in [7, 11) is 0. The molecule has 0 heterocycles. The van der Waals surface area contributed by atoms with Crippen molar-refractivity contribution in [3.05, 3.63) is 12.7 Å². The van der Waals surface area contributed by atoms with Gasteiger partial charge in [0, 0.05) is 0 Å². The largest absolute Gasteiger partial charge is 0.103 e. The van der Waals surface area contributed by atoms with E-state index in [2.05, 4.69) is 40.3 Å². The Morgan fingerprint density at radius 3 is 1.76 bits per heavy atom. The molecule has 0 spiro atoms. The molecule has 0 aliphatic carbocycles. The molecule has 1 unspecified atom stereocenters. The van der Waals surface area contributed by atoms with Gasteiger partial charge < -0.3 is 0 Å². The van der Waals surface area contributed by atoms with E-state index in [9.17, 15) is 0 Å². The van der Waals surface area contributed by atoms with Gasteiger partial charge in [0.2, 0.25) is 0 Å². The summed E-state index contributed by atoms with van der Waals surface area (Å²) in [5.41, 5.74) is 0.496. The molecule has 0 rings (SSSR count). The van der Waals surface area contributed by atoms with Crippen LogP contribution in [0.4, 0.5) is 0 Å². The predicted molar refractivity (Wildman–Crippen MR) is 98.8 cm³/mol. The first-order valence-electron chi connectivity index (χ1n) is 9.65. The van der Waals surface area contributed by atoms with Gasteiger partial charge in [-0.25, -0.2) is 0 Å². The van der Waals surface area contributed by atoms with Crippen molar-refractivity contribution in [2.75, 3.05) is 0 Å². The molecule has 0 aromatic rings. The van der Waals surface area contributed by atoms with E-state index in [0.717, 1.165) is 5.92 Å². The first kappa shape index (κ1) is 20.7. The standard InChI is InChI=1S/C21H42/c1-6-8-9-10-11-12-13-14-15-16-18-21(5,17-7-2)19-20(3)4/h7,20H,2,6,8-19H2,1,3-5H3. The Labute approximate surface area is 135 Å². The van der Waals surface area contributed by atoms with Crippen molar-refractivity contribution in [3.63, 3.8) is 0 Å². The first-order chi connectivity index (χ1) is 10.0. The molecule has 0 radical (unpaired) electrons. The van der Waals surface area contributed by atoms with Crippen molar-refractivity contribution in [2.45, 2.75) is 111 Å². The smallest absolute Gasteiger partial charge is 0.0289 e. The Bertz CT molecular complexity index is 228. The third-order valence-electron chi connectivity index (χ3n) is 4.67. The lowest BCUT2D eigenvalue weighted by Crippen LogP contribution is -2.18. The molecule has 0 amide bonds. The second kappa shape index (κ2) is 13.4. The zero-order valence-electron chi connectivity index (χ0n) is 15.6. The van der Waals surface area contributed by atoms with E-state index in [-0.39, 0.29) is 0 Å². The van der Waals surface area contributed by atoms with Gasteiger partial charge in [-0.15, -0.1) is 6.58 Å². The SMILES string of the molecule is C=CCC(C)(CCCCCCCCCCCC)CC(C)C. The lowest BCUT2D eigenvalue weighted by molar-refractivity contribution is 0.230. The second-order valence-electron chi connectivity index (χ2n) is 7.83. The van der Waals surface area contributed by atoms with Gasteiger partial charge in [0.25, 0.3) is 0 Å². The Kier molecular flexibility index (Phi) is 13.2. The molecule has 21 heavy (non-hydrogen) atoms. The molecule has 0 N–H and O–H groups in total. The highest BCUT2D eigenvalue weighted by Crippen LogP contribution is 2.35. The zero-order chi connectivity index (χ0) is 16.0. The van der Waals surface area contributed by atoms with Crippen LogP contribution in [0.5, 0.6) is 0 Å². The van der Waals surface area contributed by atoms with Crippen LogP contribution in [0.25, 0.3) is 0 Å². The van der Waals surface area contributed by atoms with Crippen molar-refractivity contribution >= 4 is 0 Å². The van der Waals surface area contributed by atoms with Crippen molar-refractivity contribution in [3.8, 4) is 0 Å². The van der Waals surface area contributed by atoms with Crippen molar-refractivity contribution in [2.24, 2.45) is 11.3 Å². The fourth-order valence-electron chi connectivity index (χ4n) is 3.66. The van der Waals surface area contributed by atoms with Crippen LogP contribution in [0.1, 0.15) is 111 Å². The maximum Gasteiger partial charge on any atom is -0.0289 e. The molecule has 0 aliphatic rings. The van der Waals surface area contributed by atoms with Gasteiger partial charge in [0.15, 0.2) is 0 Å². The molecular formula is C21H42. The van der Waals surface area contributed by atoms with Crippen LogP contribution >= 0.6 is 0 Å². The molecule has 126 valence electrons. The monoisotopic (exact) mass is 294 g/mol. The highest BCUT2D eigenvalue weighted by Gasteiger charge is 2.23. The fraction of sp³-hybridized carbons (Fsp3) is 0.905. The summed E-state index contributed by atoms with van der Waals surface area (Å²) in [5, 5.41) is 0. The molecule has 0 saturated carbocycles. The predicted octanol–water partition coefficient (Wildman–Crippen LogP) is 7.93. The zero-order valence-corrected chi connectivity index (χ0v) is 15.6. The summed E-state index contributed by atoms with van der Waals surface area (Å²) in [6, 6.07) is 0. The number of hydrogen-bond donors (Lipinski definition) is 0. The summed E-state index contributed by atoms with van der Waals surface area (Å²) in [5.74, 6) is 0.804. The van der Waals surface area contributed by atoms with Gasteiger partial charge in [0.05, 0.1) is 0 Å². The van der Waals surface area contributed by atoms with Crippen molar-refractivity contribution in [1.82, 2.24) is 0 Å². The van der Waals surface area contributed by atoms with Gasteiger partial charge >= 0.3 is 0 Å². The van der Waals surface area contributed by atoms with Crippen LogP contribution in [0.15, 0.2) is 12.7 Å². The van der Waals surface area contributed by atoms with Gasteiger partial charge in [-0.05, 0) is 30.6 Å². The molecule has 0 fully saturated rings. The number of rotatable bonds is 15. The number of allylic oxidation sites excluding steroid dienone is 1. The third-order valence-corrected chi connectivity index (χ3v) is 4.67.